The Labute approximate surface area is 274 Å². The molecule has 0 saturated carbocycles. The molecule has 0 radical (unpaired) electrons. The molecule has 1 aliphatic rings. The Morgan fingerprint density at radius 2 is 1.87 bits per heavy atom. The average Bonchev–Trinajstić information content (AvgIpc) is 3.37. The van der Waals surface area contributed by atoms with Crippen LogP contribution in [0.4, 0.5) is 5.69 Å². The molecule has 0 aliphatic carbocycles. The maximum Gasteiger partial charge on any atom is 0.216 e. The Kier molecular flexibility index (Phi) is 17.8. The fourth-order valence-electron chi connectivity index (χ4n) is 4.58. The number of carbonyl (C=O) groups excluding carboxylic acids is 2. The number of rotatable bonds is 13. The molecular formula is C36H52N4O4S. The number of benzene rings is 2. The largest absolute Gasteiger partial charge is 0.492 e. The molecule has 2 heterocycles. The summed E-state index contributed by atoms with van der Waals surface area (Å²) in [6, 6.07) is 16.1. The number of carbonyl (C=O) groups is 2. The molecule has 3 aromatic rings. The number of unbranched alkanes of at least 4 members (excludes halogenated alkanes) is 1. The van der Waals surface area contributed by atoms with Gasteiger partial charge in [0.15, 0.2) is 6.29 Å². The number of para-hydroxylation sites is 1. The van der Waals surface area contributed by atoms with Crippen LogP contribution in [0.3, 0.4) is 0 Å². The molecule has 0 bridgehead atoms. The molecule has 4 rings (SSSR count). The summed E-state index contributed by atoms with van der Waals surface area (Å²) in [7, 11) is 0. The number of morpholine rings is 1. The molecule has 1 aliphatic heterocycles. The van der Waals surface area contributed by atoms with Crippen molar-refractivity contribution in [1.29, 1.82) is 0 Å². The zero-order valence-electron chi connectivity index (χ0n) is 27.9. The summed E-state index contributed by atoms with van der Waals surface area (Å²) in [5, 5.41) is 2.71. The van der Waals surface area contributed by atoms with E-state index < -0.39 is 0 Å². The van der Waals surface area contributed by atoms with Crippen molar-refractivity contribution in [2.45, 2.75) is 65.0 Å². The second-order valence-electron chi connectivity index (χ2n) is 10.6. The number of nitrogens with zero attached hydrogens (tertiary/aromatic N) is 1. The van der Waals surface area contributed by atoms with Crippen LogP contribution >= 0.6 is 11.8 Å². The smallest absolute Gasteiger partial charge is 0.216 e. The van der Waals surface area contributed by atoms with Crippen LogP contribution in [0.5, 0.6) is 5.75 Å². The number of hydrogen-bond donors (Lipinski definition) is 3. The van der Waals surface area contributed by atoms with Crippen molar-refractivity contribution in [2.24, 2.45) is 0 Å². The van der Waals surface area contributed by atoms with E-state index in [4.69, 9.17) is 15.2 Å². The first-order chi connectivity index (χ1) is 21.8. The highest BCUT2D eigenvalue weighted by molar-refractivity contribution is 7.98. The molecule has 4 N–H and O–H groups in total. The predicted molar refractivity (Wildman–Crippen MR) is 189 cm³/mol. The molecule has 1 saturated heterocycles. The summed E-state index contributed by atoms with van der Waals surface area (Å²) < 4.78 is 11.5. The number of nitrogens with two attached hydrogens (primary N) is 1. The molecule has 1 aromatic heterocycles. The lowest BCUT2D eigenvalue weighted by atomic mass is 10.0. The Morgan fingerprint density at radius 3 is 2.51 bits per heavy atom. The lowest BCUT2D eigenvalue weighted by molar-refractivity contribution is -0.119. The fourth-order valence-corrected chi connectivity index (χ4v) is 5.51. The second-order valence-corrected chi connectivity index (χ2v) is 11.6. The van der Waals surface area contributed by atoms with Crippen molar-refractivity contribution in [1.82, 2.24) is 15.2 Å². The number of nitrogens with one attached hydrogen (secondary N) is 2. The van der Waals surface area contributed by atoms with E-state index in [2.05, 4.69) is 34.3 Å². The topological polar surface area (TPSA) is 110 Å². The zero-order chi connectivity index (χ0) is 33.0. The highest BCUT2D eigenvalue weighted by Gasteiger charge is 2.12. The Balaban J connectivity index is 0.000000615. The normalized spacial score (nSPS) is 13.2. The van der Waals surface area contributed by atoms with Crippen LogP contribution < -0.4 is 15.8 Å². The molecular weight excluding hydrogens is 584 g/mol. The summed E-state index contributed by atoms with van der Waals surface area (Å²) in [6.45, 7) is 17.5. The summed E-state index contributed by atoms with van der Waals surface area (Å²) >= 11 is 1.70. The van der Waals surface area contributed by atoms with Gasteiger partial charge in [-0.3, -0.25) is 14.5 Å². The third-order valence-corrected chi connectivity index (χ3v) is 8.03. The number of thioether (sulfide) groups is 1. The Bertz CT molecular complexity index is 1350. The molecule has 1 fully saturated rings. The first-order valence-electron chi connectivity index (χ1n) is 15.9. The van der Waals surface area contributed by atoms with Crippen LogP contribution in [-0.4, -0.2) is 68.1 Å². The number of ether oxygens (including phenoxy) is 2. The van der Waals surface area contributed by atoms with Crippen LogP contribution in [0.2, 0.25) is 0 Å². The monoisotopic (exact) mass is 636 g/mol. The number of aromatic amines is 1. The molecule has 2 aromatic carbocycles. The first kappa shape index (κ1) is 37.7. The second kappa shape index (κ2) is 21.2. The van der Waals surface area contributed by atoms with Gasteiger partial charge in [-0.25, -0.2) is 0 Å². The van der Waals surface area contributed by atoms with Gasteiger partial charge in [0.05, 0.1) is 13.2 Å². The van der Waals surface area contributed by atoms with E-state index >= 15 is 0 Å². The van der Waals surface area contributed by atoms with E-state index in [1.54, 1.807) is 11.8 Å². The number of amides is 1. The van der Waals surface area contributed by atoms with E-state index in [1.165, 1.54) is 6.92 Å². The van der Waals surface area contributed by atoms with E-state index in [0.29, 0.717) is 17.9 Å². The van der Waals surface area contributed by atoms with Gasteiger partial charge in [-0.05, 0) is 62.2 Å². The number of anilines is 1. The van der Waals surface area contributed by atoms with Gasteiger partial charge >= 0.3 is 0 Å². The van der Waals surface area contributed by atoms with Crippen LogP contribution in [-0.2, 0) is 20.1 Å². The molecule has 246 valence electrons. The van der Waals surface area contributed by atoms with Crippen LogP contribution in [0.25, 0.3) is 11.6 Å². The molecule has 0 atom stereocenters. The Morgan fingerprint density at radius 1 is 1.13 bits per heavy atom. The molecule has 9 heteroatoms. The fraction of sp³-hybridized carbons (Fsp3) is 0.444. The van der Waals surface area contributed by atoms with Gasteiger partial charge < -0.3 is 25.5 Å². The lowest BCUT2D eigenvalue weighted by Crippen LogP contribution is -2.38. The molecule has 1 amide bonds. The summed E-state index contributed by atoms with van der Waals surface area (Å²) in [4.78, 5) is 28.9. The quantitative estimate of drug-likeness (QED) is 0.0615. The van der Waals surface area contributed by atoms with Crippen molar-refractivity contribution >= 4 is 41.3 Å². The van der Waals surface area contributed by atoms with Crippen molar-refractivity contribution < 1.29 is 19.1 Å². The number of aryl methyl sites for hydroxylation is 2. The van der Waals surface area contributed by atoms with Gasteiger partial charge in [0.1, 0.15) is 12.4 Å². The van der Waals surface area contributed by atoms with Gasteiger partial charge in [-0.1, -0.05) is 45.4 Å². The van der Waals surface area contributed by atoms with Crippen molar-refractivity contribution in [3.63, 3.8) is 0 Å². The Hall–Kier alpha value is -3.53. The summed E-state index contributed by atoms with van der Waals surface area (Å²) in [5.74, 6) is 1.74. The minimum atomic E-state index is 0.0680. The standard InChI is InChI=1S/C28H33N3O3S.C6H13NO.C2H6/c1-20-15-21(2)30-27(20)16-23(18-32)25-17-24(7-8-26(25)29)35-19-22-5-3-4-6-28(22)34-14-11-31-9-12-33-13-10-31;1-3-4-5-7-6(2)8;1-2/h3-8,15-18,30H,9-14,19,29H2,1-2H3;3-5H2,1-2H3,(H,7,8);1-2H3/b23-16+;;. The molecule has 45 heavy (non-hydrogen) atoms. The predicted octanol–water partition coefficient (Wildman–Crippen LogP) is 6.91. The number of aldehydes is 1. The minimum absolute atomic E-state index is 0.0680. The van der Waals surface area contributed by atoms with Gasteiger partial charge in [0.2, 0.25) is 5.91 Å². The number of nitrogen functional groups attached to an aromatic ring is 1. The highest BCUT2D eigenvalue weighted by Crippen LogP contribution is 2.32. The van der Waals surface area contributed by atoms with Gasteiger partial charge in [-0.2, -0.15) is 0 Å². The first-order valence-corrected chi connectivity index (χ1v) is 16.9. The number of allylic oxidation sites excluding steroid dienone is 1. The molecule has 0 unspecified atom stereocenters. The van der Waals surface area contributed by atoms with Crippen molar-refractivity contribution in [2.75, 3.05) is 51.7 Å². The van der Waals surface area contributed by atoms with Gasteiger partial charge in [0, 0.05) is 77.5 Å². The van der Waals surface area contributed by atoms with Gasteiger partial charge in [0.25, 0.3) is 0 Å². The highest BCUT2D eigenvalue weighted by atomic mass is 32.2. The lowest BCUT2D eigenvalue weighted by Gasteiger charge is -2.26. The van der Waals surface area contributed by atoms with Crippen LogP contribution in [0.15, 0.2) is 53.4 Å². The van der Waals surface area contributed by atoms with Crippen LogP contribution in [0.1, 0.15) is 68.6 Å². The van der Waals surface area contributed by atoms with E-state index in [1.807, 2.05) is 70.2 Å². The number of hydrogen-bond acceptors (Lipinski definition) is 7. The third kappa shape index (κ3) is 13.6. The minimum Gasteiger partial charge on any atom is -0.492 e. The molecule has 0 spiro atoms. The number of H-pyrrole nitrogens is 1. The zero-order valence-corrected chi connectivity index (χ0v) is 28.7. The van der Waals surface area contributed by atoms with E-state index in [0.717, 1.165) is 103 Å². The van der Waals surface area contributed by atoms with E-state index in [-0.39, 0.29) is 5.91 Å². The van der Waals surface area contributed by atoms with E-state index in [9.17, 15) is 9.59 Å². The average molecular weight is 637 g/mol. The third-order valence-electron chi connectivity index (χ3n) is 6.99. The van der Waals surface area contributed by atoms with Crippen molar-refractivity contribution in [3.8, 4) is 5.75 Å². The SMILES string of the molecule is CC.CCCCNC(C)=O.Cc1cc(C)c(/C=C(\C=O)c2cc(SCc3ccccc3OCCN3CCOCC3)ccc2N)[nH]1. The molecule has 8 nitrogen and oxygen atoms in total. The maximum atomic E-state index is 12.0. The maximum absolute atomic E-state index is 12.0. The van der Waals surface area contributed by atoms with Crippen molar-refractivity contribution in [3.05, 3.63) is 76.6 Å². The van der Waals surface area contributed by atoms with Gasteiger partial charge in [-0.15, -0.1) is 11.8 Å². The number of aromatic nitrogens is 1. The summed E-state index contributed by atoms with van der Waals surface area (Å²) in [5.41, 5.74) is 12.4. The van der Waals surface area contributed by atoms with Crippen LogP contribution in [0, 0.1) is 13.8 Å². The summed E-state index contributed by atoms with van der Waals surface area (Å²) in [6.07, 6.45) is 4.96.